The molecule has 7 nitrogen and oxygen atoms in total. The molecule has 0 radical (unpaired) electrons. The molecule has 1 aliphatic carbocycles. The van der Waals surface area contributed by atoms with E-state index in [1.807, 2.05) is 7.05 Å². The van der Waals surface area contributed by atoms with E-state index < -0.39 is 0 Å². The van der Waals surface area contributed by atoms with Gasteiger partial charge in [0.15, 0.2) is 0 Å². The average Bonchev–Trinajstić information content (AvgIpc) is 2.83. The Bertz CT molecular complexity index is 953. The zero-order valence-corrected chi connectivity index (χ0v) is 19.3. The number of hydrogen-bond acceptors (Lipinski definition) is 5. The highest BCUT2D eigenvalue weighted by Gasteiger charge is 2.22. The lowest BCUT2D eigenvalue weighted by molar-refractivity contribution is 0.0757. The highest BCUT2D eigenvalue weighted by atomic mass is 16.5. The van der Waals surface area contributed by atoms with E-state index in [4.69, 9.17) is 14.2 Å². The van der Waals surface area contributed by atoms with E-state index in [-0.39, 0.29) is 11.8 Å². The summed E-state index contributed by atoms with van der Waals surface area (Å²) in [6, 6.07) is 10.1. The monoisotopic (exact) mass is 440 g/mol. The van der Waals surface area contributed by atoms with Crippen molar-refractivity contribution in [3.8, 4) is 17.2 Å². The molecule has 0 aromatic heterocycles. The first-order valence-corrected chi connectivity index (χ1v) is 10.9. The maximum atomic E-state index is 13.0. The highest BCUT2D eigenvalue weighted by molar-refractivity contribution is 6.07. The lowest BCUT2D eigenvalue weighted by Gasteiger charge is -2.27. The molecule has 32 heavy (non-hydrogen) atoms. The van der Waals surface area contributed by atoms with Crippen LogP contribution >= 0.6 is 0 Å². The Morgan fingerprint density at radius 1 is 0.906 bits per heavy atom. The molecule has 1 saturated carbocycles. The van der Waals surface area contributed by atoms with E-state index >= 15 is 0 Å². The number of amides is 2. The van der Waals surface area contributed by atoms with Gasteiger partial charge in [-0.2, -0.15) is 0 Å². The second-order valence-corrected chi connectivity index (χ2v) is 8.13. The van der Waals surface area contributed by atoms with Crippen molar-refractivity contribution in [2.24, 2.45) is 5.92 Å². The Hall–Kier alpha value is -3.22. The van der Waals surface area contributed by atoms with Crippen molar-refractivity contribution in [2.45, 2.75) is 32.1 Å². The van der Waals surface area contributed by atoms with Crippen molar-refractivity contribution in [1.29, 1.82) is 0 Å². The Morgan fingerprint density at radius 2 is 1.56 bits per heavy atom. The first kappa shape index (κ1) is 23.4. The van der Waals surface area contributed by atoms with E-state index in [0.29, 0.717) is 40.0 Å². The van der Waals surface area contributed by atoms with Gasteiger partial charge in [0.2, 0.25) is 0 Å². The Labute approximate surface area is 189 Å². The molecule has 1 fully saturated rings. The van der Waals surface area contributed by atoms with Gasteiger partial charge in [-0.15, -0.1) is 0 Å². The molecule has 0 unspecified atom stereocenters. The number of ether oxygens (including phenoxy) is 3. The Morgan fingerprint density at radius 3 is 2.22 bits per heavy atom. The van der Waals surface area contributed by atoms with Crippen molar-refractivity contribution in [3.05, 3.63) is 47.5 Å². The topological polar surface area (TPSA) is 77.1 Å². The number of anilines is 1. The van der Waals surface area contributed by atoms with Gasteiger partial charge >= 0.3 is 0 Å². The lowest BCUT2D eigenvalue weighted by atomic mass is 9.89. The van der Waals surface area contributed by atoms with Crippen molar-refractivity contribution in [3.63, 3.8) is 0 Å². The molecule has 2 aromatic rings. The molecule has 2 aromatic carbocycles. The molecule has 0 aliphatic heterocycles. The number of nitrogens with zero attached hydrogens (tertiary/aromatic N) is 1. The minimum atomic E-state index is -0.333. The number of carbonyl (C=O) groups is 2. The maximum Gasteiger partial charge on any atom is 0.259 e. The molecular weight excluding hydrogens is 408 g/mol. The Balaban J connectivity index is 1.73. The summed E-state index contributed by atoms with van der Waals surface area (Å²) >= 11 is 0. The first-order valence-electron chi connectivity index (χ1n) is 10.9. The standard InChI is InChI=1S/C25H32N2O5/c1-27(16-17-8-6-5-7-9-17)25(29)21-12-10-18(14-22(21)31-3)26-24(28)20-13-11-19(30-2)15-23(20)32-4/h10-15,17H,5-9,16H2,1-4H3,(H,26,28). The SMILES string of the molecule is COc1ccc(C(=O)Nc2ccc(C(=O)N(C)CC3CCCCC3)c(OC)c2)c(OC)c1. The summed E-state index contributed by atoms with van der Waals surface area (Å²) < 4.78 is 16.0. The summed E-state index contributed by atoms with van der Waals surface area (Å²) in [5.74, 6) is 1.57. The van der Waals surface area contributed by atoms with E-state index in [2.05, 4.69) is 5.32 Å². The summed E-state index contributed by atoms with van der Waals surface area (Å²) in [6.07, 6.45) is 6.12. The second-order valence-electron chi connectivity index (χ2n) is 8.13. The van der Waals surface area contributed by atoms with Gasteiger partial charge in [0.1, 0.15) is 17.2 Å². The van der Waals surface area contributed by atoms with Crippen molar-refractivity contribution in [1.82, 2.24) is 4.90 Å². The fraction of sp³-hybridized carbons (Fsp3) is 0.440. The van der Waals surface area contributed by atoms with Crippen LogP contribution in [0.5, 0.6) is 17.2 Å². The van der Waals surface area contributed by atoms with Crippen LogP contribution in [0, 0.1) is 5.92 Å². The zero-order chi connectivity index (χ0) is 23.1. The van der Waals surface area contributed by atoms with Crippen LogP contribution in [0.2, 0.25) is 0 Å². The summed E-state index contributed by atoms with van der Waals surface area (Å²) in [7, 11) is 6.41. The van der Waals surface area contributed by atoms with Gasteiger partial charge in [-0.1, -0.05) is 19.3 Å². The van der Waals surface area contributed by atoms with Crippen LogP contribution < -0.4 is 19.5 Å². The number of hydrogen-bond donors (Lipinski definition) is 1. The van der Waals surface area contributed by atoms with Gasteiger partial charge in [-0.3, -0.25) is 9.59 Å². The van der Waals surface area contributed by atoms with Gasteiger partial charge in [0.05, 0.1) is 32.5 Å². The van der Waals surface area contributed by atoms with E-state index in [0.717, 1.165) is 6.54 Å². The third-order valence-corrected chi connectivity index (χ3v) is 5.95. The van der Waals surface area contributed by atoms with Crippen LogP contribution in [0.4, 0.5) is 5.69 Å². The number of methoxy groups -OCH3 is 3. The molecule has 0 bridgehead atoms. The molecule has 3 rings (SSSR count). The van der Waals surface area contributed by atoms with E-state index in [9.17, 15) is 9.59 Å². The number of carbonyl (C=O) groups excluding carboxylic acids is 2. The van der Waals surface area contributed by atoms with Crippen LogP contribution in [0.25, 0.3) is 0 Å². The van der Waals surface area contributed by atoms with Crippen molar-refractivity contribution < 1.29 is 23.8 Å². The molecule has 0 atom stereocenters. The summed E-state index contributed by atoms with van der Waals surface area (Å²) in [6.45, 7) is 0.748. The zero-order valence-electron chi connectivity index (χ0n) is 19.3. The largest absolute Gasteiger partial charge is 0.497 e. The number of benzene rings is 2. The van der Waals surface area contributed by atoms with Gasteiger partial charge in [-0.25, -0.2) is 0 Å². The summed E-state index contributed by atoms with van der Waals surface area (Å²) in [5, 5.41) is 2.84. The molecule has 172 valence electrons. The fourth-order valence-electron chi connectivity index (χ4n) is 4.18. The smallest absolute Gasteiger partial charge is 0.259 e. The molecule has 7 heteroatoms. The molecule has 0 heterocycles. The second kappa shape index (κ2) is 10.9. The van der Waals surface area contributed by atoms with Crippen LogP contribution in [-0.4, -0.2) is 51.6 Å². The third-order valence-electron chi connectivity index (χ3n) is 5.95. The van der Waals surface area contributed by atoms with Crippen molar-refractivity contribution >= 4 is 17.5 Å². The van der Waals surface area contributed by atoms with Gasteiger partial charge in [0.25, 0.3) is 11.8 Å². The van der Waals surface area contributed by atoms with E-state index in [1.165, 1.54) is 46.3 Å². The van der Waals surface area contributed by atoms with Crippen LogP contribution in [0.1, 0.15) is 52.8 Å². The summed E-state index contributed by atoms with van der Waals surface area (Å²) in [5.41, 5.74) is 1.38. The number of nitrogens with one attached hydrogen (secondary N) is 1. The molecule has 2 amide bonds. The van der Waals surface area contributed by atoms with Crippen LogP contribution in [-0.2, 0) is 0 Å². The number of rotatable bonds is 8. The minimum Gasteiger partial charge on any atom is -0.497 e. The molecule has 0 saturated heterocycles. The third kappa shape index (κ3) is 5.52. The molecule has 0 spiro atoms. The molecule has 1 N–H and O–H groups in total. The minimum absolute atomic E-state index is 0.0814. The first-order chi connectivity index (χ1) is 15.5. The quantitative estimate of drug-likeness (QED) is 0.648. The average molecular weight is 441 g/mol. The van der Waals surface area contributed by atoms with Crippen LogP contribution in [0.15, 0.2) is 36.4 Å². The van der Waals surface area contributed by atoms with E-state index in [1.54, 1.807) is 48.4 Å². The highest BCUT2D eigenvalue weighted by Crippen LogP contribution is 2.29. The Kier molecular flexibility index (Phi) is 7.98. The fourth-order valence-corrected chi connectivity index (χ4v) is 4.18. The predicted octanol–water partition coefficient (Wildman–Crippen LogP) is 4.62. The predicted molar refractivity (Wildman–Crippen MR) is 124 cm³/mol. The molecular formula is C25H32N2O5. The van der Waals surface area contributed by atoms with Gasteiger partial charge < -0.3 is 24.4 Å². The normalized spacial score (nSPS) is 13.9. The molecule has 1 aliphatic rings. The van der Waals surface area contributed by atoms with Gasteiger partial charge in [0, 0.05) is 31.4 Å². The van der Waals surface area contributed by atoms with Gasteiger partial charge in [-0.05, 0) is 43.0 Å². The van der Waals surface area contributed by atoms with Crippen molar-refractivity contribution in [2.75, 3.05) is 40.2 Å². The summed E-state index contributed by atoms with van der Waals surface area (Å²) in [4.78, 5) is 27.6. The lowest BCUT2D eigenvalue weighted by Crippen LogP contribution is -2.32. The van der Waals surface area contributed by atoms with Crippen LogP contribution in [0.3, 0.4) is 0 Å². The maximum absolute atomic E-state index is 13.0.